The highest BCUT2D eigenvalue weighted by Gasteiger charge is 2.17. The van der Waals surface area contributed by atoms with Crippen molar-refractivity contribution in [1.29, 1.82) is 0 Å². The third-order valence-corrected chi connectivity index (χ3v) is 4.58. The van der Waals surface area contributed by atoms with Crippen LogP contribution in [0.2, 0.25) is 0 Å². The molecular weight excluding hydrogens is 350 g/mol. The second kappa shape index (κ2) is 8.72. The Morgan fingerprint density at radius 3 is 2.77 bits per heavy atom. The van der Waals surface area contributed by atoms with Crippen LogP contribution < -0.4 is 16.4 Å². The van der Waals surface area contributed by atoms with Gasteiger partial charge in [-0.3, -0.25) is 9.59 Å². The highest BCUT2D eigenvalue weighted by Crippen LogP contribution is 2.26. The summed E-state index contributed by atoms with van der Waals surface area (Å²) < 4.78 is 0. The zero-order valence-electron chi connectivity index (χ0n) is 14.7. The second-order valence-electron chi connectivity index (χ2n) is 6.45. The third kappa shape index (κ3) is 4.76. The molecule has 3 rings (SSSR count). The number of para-hydroxylation sites is 1. The van der Waals surface area contributed by atoms with Gasteiger partial charge in [-0.1, -0.05) is 30.3 Å². The Hall–Kier alpha value is -2.53. The van der Waals surface area contributed by atoms with Crippen LogP contribution >= 0.6 is 12.4 Å². The number of rotatable bonds is 5. The minimum atomic E-state index is -0.0800. The summed E-state index contributed by atoms with van der Waals surface area (Å²) in [4.78, 5) is 23.7. The monoisotopic (exact) mass is 373 g/mol. The number of anilines is 2. The molecule has 4 N–H and O–H groups in total. The highest BCUT2D eigenvalue weighted by atomic mass is 35.5. The molecule has 5 nitrogen and oxygen atoms in total. The topological polar surface area (TPSA) is 84.2 Å². The van der Waals surface area contributed by atoms with Crippen LogP contribution in [0.25, 0.3) is 0 Å². The first kappa shape index (κ1) is 19.8. The van der Waals surface area contributed by atoms with Crippen molar-refractivity contribution in [3.63, 3.8) is 0 Å². The van der Waals surface area contributed by atoms with Gasteiger partial charge in [0.2, 0.25) is 11.8 Å². The van der Waals surface area contributed by atoms with Gasteiger partial charge in [-0.15, -0.1) is 12.4 Å². The van der Waals surface area contributed by atoms with E-state index in [2.05, 4.69) is 16.7 Å². The number of hydrogen-bond acceptors (Lipinski definition) is 3. The van der Waals surface area contributed by atoms with E-state index in [-0.39, 0.29) is 30.3 Å². The van der Waals surface area contributed by atoms with Gasteiger partial charge in [0, 0.05) is 24.2 Å². The zero-order chi connectivity index (χ0) is 17.8. The van der Waals surface area contributed by atoms with E-state index in [9.17, 15) is 9.59 Å². The molecule has 1 aliphatic heterocycles. The fourth-order valence-electron chi connectivity index (χ4n) is 3.08. The van der Waals surface area contributed by atoms with Crippen molar-refractivity contribution in [3.05, 3.63) is 59.2 Å². The first-order chi connectivity index (χ1) is 12.0. The third-order valence-electron chi connectivity index (χ3n) is 4.58. The number of benzene rings is 2. The number of nitrogens with two attached hydrogens (primary N) is 1. The molecule has 1 heterocycles. The zero-order valence-corrected chi connectivity index (χ0v) is 15.6. The second-order valence-corrected chi connectivity index (χ2v) is 6.45. The predicted molar refractivity (Wildman–Crippen MR) is 106 cm³/mol. The molecule has 0 bridgehead atoms. The molecular formula is C20H24ClN3O2. The van der Waals surface area contributed by atoms with Crippen LogP contribution in [-0.2, 0) is 22.4 Å². The van der Waals surface area contributed by atoms with E-state index in [1.165, 1.54) is 0 Å². The van der Waals surface area contributed by atoms with Crippen LogP contribution in [0.3, 0.4) is 0 Å². The van der Waals surface area contributed by atoms with Crippen LogP contribution in [0.5, 0.6) is 0 Å². The fourth-order valence-corrected chi connectivity index (χ4v) is 3.08. The standard InChI is InChI=1S/C20H23N3O2.ClH/c1-13(15-6-9-18-16(12-15)8-11-20(25)23-18)22-19(24)10-7-14-4-2-3-5-17(14)21;/h2-6,9,12-13H,7-8,10-11,21H2,1H3,(H,22,24)(H,23,25);1H. The summed E-state index contributed by atoms with van der Waals surface area (Å²) >= 11 is 0. The van der Waals surface area contributed by atoms with Crippen molar-refractivity contribution in [2.24, 2.45) is 0 Å². The maximum Gasteiger partial charge on any atom is 0.224 e. The minimum absolute atomic E-state index is 0. The number of amides is 2. The Morgan fingerprint density at radius 2 is 2.00 bits per heavy atom. The smallest absolute Gasteiger partial charge is 0.224 e. The molecule has 0 aromatic heterocycles. The Labute approximate surface area is 159 Å². The normalized spacial score (nSPS) is 13.8. The van der Waals surface area contributed by atoms with E-state index in [0.717, 1.165) is 34.5 Å². The Bertz CT molecular complexity index is 807. The number of fused-ring (bicyclic) bond motifs is 1. The average Bonchev–Trinajstić information content (AvgIpc) is 2.60. The fraction of sp³-hybridized carbons (Fsp3) is 0.300. The summed E-state index contributed by atoms with van der Waals surface area (Å²) in [6.45, 7) is 1.97. The lowest BCUT2D eigenvalue weighted by molar-refractivity contribution is -0.121. The van der Waals surface area contributed by atoms with E-state index >= 15 is 0 Å². The average molecular weight is 374 g/mol. The predicted octanol–water partition coefficient (Wildman–Crippen LogP) is 3.39. The molecule has 1 unspecified atom stereocenters. The van der Waals surface area contributed by atoms with Crippen molar-refractivity contribution >= 4 is 35.6 Å². The van der Waals surface area contributed by atoms with Gasteiger partial charge in [0.15, 0.2) is 0 Å². The molecule has 1 aliphatic rings. The number of nitrogen functional groups attached to an aromatic ring is 1. The van der Waals surface area contributed by atoms with Crippen molar-refractivity contribution in [3.8, 4) is 0 Å². The van der Waals surface area contributed by atoms with E-state index < -0.39 is 0 Å². The molecule has 26 heavy (non-hydrogen) atoms. The van der Waals surface area contributed by atoms with Gasteiger partial charge in [-0.25, -0.2) is 0 Å². The maximum absolute atomic E-state index is 12.2. The quantitative estimate of drug-likeness (QED) is 0.702. The van der Waals surface area contributed by atoms with Crippen molar-refractivity contribution in [1.82, 2.24) is 5.32 Å². The summed E-state index contributed by atoms with van der Waals surface area (Å²) in [5.74, 6) is 0.0589. The number of halogens is 1. The van der Waals surface area contributed by atoms with E-state index in [4.69, 9.17) is 5.73 Å². The van der Waals surface area contributed by atoms with Gasteiger partial charge in [-0.05, 0) is 48.6 Å². The lowest BCUT2D eigenvalue weighted by Crippen LogP contribution is -2.27. The van der Waals surface area contributed by atoms with Crippen molar-refractivity contribution < 1.29 is 9.59 Å². The van der Waals surface area contributed by atoms with Crippen molar-refractivity contribution in [2.75, 3.05) is 11.1 Å². The first-order valence-electron chi connectivity index (χ1n) is 8.58. The van der Waals surface area contributed by atoms with Crippen LogP contribution in [-0.4, -0.2) is 11.8 Å². The molecule has 0 radical (unpaired) electrons. The molecule has 0 saturated heterocycles. The van der Waals surface area contributed by atoms with Crippen molar-refractivity contribution in [2.45, 2.75) is 38.6 Å². The van der Waals surface area contributed by atoms with E-state index in [0.29, 0.717) is 19.3 Å². The molecule has 138 valence electrons. The number of hydrogen-bond donors (Lipinski definition) is 3. The summed E-state index contributed by atoms with van der Waals surface area (Å²) in [5, 5.41) is 5.91. The summed E-state index contributed by atoms with van der Waals surface area (Å²) in [6, 6.07) is 13.5. The molecule has 2 aromatic rings. The summed E-state index contributed by atoms with van der Waals surface area (Å²) in [6.07, 6.45) is 2.28. The van der Waals surface area contributed by atoms with E-state index in [1.54, 1.807) is 0 Å². The number of aryl methyl sites for hydroxylation is 2. The highest BCUT2D eigenvalue weighted by molar-refractivity contribution is 5.93. The van der Waals surface area contributed by atoms with Gasteiger partial charge in [-0.2, -0.15) is 0 Å². The molecule has 0 spiro atoms. The van der Waals surface area contributed by atoms with Gasteiger partial charge in [0.05, 0.1) is 6.04 Å². The molecule has 0 aliphatic carbocycles. The Kier molecular flexibility index (Phi) is 6.64. The van der Waals surface area contributed by atoms with Crippen LogP contribution in [0.1, 0.15) is 42.5 Å². The van der Waals surface area contributed by atoms with Crippen LogP contribution in [0.4, 0.5) is 11.4 Å². The van der Waals surface area contributed by atoms with Gasteiger partial charge < -0.3 is 16.4 Å². The molecule has 6 heteroatoms. The van der Waals surface area contributed by atoms with Gasteiger partial charge in [0.1, 0.15) is 0 Å². The maximum atomic E-state index is 12.2. The largest absolute Gasteiger partial charge is 0.399 e. The summed E-state index contributed by atoms with van der Waals surface area (Å²) in [5.41, 5.74) is 10.7. The lowest BCUT2D eigenvalue weighted by Gasteiger charge is -2.20. The number of nitrogens with one attached hydrogen (secondary N) is 2. The SMILES string of the molecule is CC(NC(=O)CCc1ccccc1N)c1ccc2c(c1)CCC(=O)N2.Cl. The molecule has 2 amide bonds. The molecule has 1 atom stereocenters. The Morgan fingerprint density at radius 1 is 1.23 bits per heavy atom. The van der Waals surface area contributed by atoms with Crippen LogP contribution in [0.15, 0.2) is 42.5 Å². The molecule has 0 saturated carbocycles. The Balaban J connectivity index is 0.00000243. The van der Waals surface area contributed by atoms with Crippen LogP contribution in [0, 0.1) is 0 Å². The minimum Gasteiger partial charge on any atom is -0.399 e. The lowest BCUT2D eigenvalue weighted by atomic mass is 9.97. The van der Waals surface area contributed by atoms with Gasteiger partial charge in [0.25, 0.3) is 0 Å². The number of carbonyl (C=O) groups is 2. The number of carbonyl (C=O) groups excluding carboxylic acids is 2. The van der Waals surface area contributed by atoms with Gasteiger partial charge >= 0.3 is 0 Å². The first-order valence-corrected chi connectivity index (χ1v) is 8.58. The molecule has 2 aromatic carbocycles. The molecule has 0 fully saturated rings. The summed E-state index contributed by atoms with van der Waals surface area (Å²) in [7, 11) is 0. The van der Waals surface area contributed by atoms with E-state index in [1.807, 2.05) is 43.3 Å².